The Labute approximate surface area is 123 Å². The van der Waals surface area contributed by atoms with E-state index in [4.69, 9.17) is 0 Å². The summed E-state index contributed by atoms with van der Waals surface area (Å²) in [6.07, 6.45) is 1.12. The fourth-order valence-corrected chi connectivity index (χ4v) is 3.68. The first kappa shape index (κ1) is 14.1. The van der Waals surface area contributed by atoms with Crippen molar-refractivity contribution in [1.29, 1.82) is 0 Å². The van der Waals surface area contributed by atoms with Crippen LogP contribution in [0.4, 0.5) is 0 Å². The van der Waals surface area contributed by atoms with Gasteiger partial charge < -0.3 is 5.32 Å². The van der Waals surface area contributed by atoms with Crippen molar-refractivity contribution >= 4 is 0 Å². The zero-order chi connectivity index (χ0) is 13.9. The summed E-state index contributed by atoms with van der Waals surface area (Å²) in [5.41, 5.74) is 2.91. The van der Waals surface area contributed by atoms with E-state index in [2.05, 4.69) is 53.2 Å². The monoisotopic (exact) mass is 273 g/mol. The molecule has 1 aromatic carbocycles. The molecule has 0 aliphatic carbocycles. The predicted octanol–water partition coefficient (Wildman–Crippen LogP) is 1.90. The van der Waals surface area contributed by atoms with Crippen LogP contribution in [0.25, 0.3) is 0 Å². The Morgan fingerprint density at radius 1 is 1.20 bits per heavy atom. The number of benzene rings is 1. The first-order valence-electron chi connectivity index (χ1n) is 8.10. The van der Waals surface area contributed by atoms with Crippen molar-refractivity contribution < 1.29 is 0 Å². The van der Waals surface area contributed by atoms with Crippen molar-refractivity contribution in [3.8, 4) is 0 Å². The zero-order valence-electron chi connectivity index (χ0n) is 12.8. The molecule has 2 bridgehead atoms. The number of aryl methyl sites for hydroxylation is 1. The lowest BCUT2D eigenvalue weighted by Gasteiger charge is -2.50. The van der Waals surface area contributed by atoms with E-state index in [1.54, 1.807) is 0 Å². The second kappa shape index (κ2) is 6.25. The maximum Gasteiger partial charge on any atom is 0.0490 e. The third-order valence-electron chi connectivity index (χ3n) is 4.85. The average molecular weight is 273 g/mol. The van der Waals surface area contributed by atoms with Gasteiger partial charge in [0.1, 0.15) is 0 Å². The number of rotatable bonds is 5. The van der Waals surface area contributed by atoms with Crippen LogP contribution in [0, 0.1) is 0 Å². The molecule has 0 aromatic heterocycles. The van der Waals surface area contributed by atoms with Gasteiger partial charge in [0.25, 0.3) is 0 Å². The number of hydrogen-bond acceptors (Lipinski definition) is 3. The molecule has 3 heteroatoms. The van der Waals surface area contributed by atoms with Gasteiger partial charge in [-0.1, -0.05) is 38.1 Å². The van der Waals surface area contributed by atoms with Gasteiger partial charge in [0.15, 0.2) is 0 Å². The molecule has 20 heavy (non-hydrogen) atoms. The molecule has 3 heterocycles. The molecule has 2 unspecified atom stereocenters. The van der Waals surface area contributed by atoms with Crippen LogP contribution < -0.4 is 5.32 Å². The molecule has 1 N–H and O–H groups in total. The van der Waals surface area contributed by atoms with E-state index in [1.807, 2.05) is 0 Å². The number of nitrogens with one attached hydrogen (secondary N) is 1. The van der Waals surface area contributed by atoms with Crippen molar-refractivity contribution in [2.45, 2.75) is 32.4 Å². The molecule has 4 rings (SSSR count). The Morgan fingerprint density at radius 2 is 2.00 bits per heavy atom. The summed E-state index contributed by atoms with van der Waals surface area (Å²) in [5.74, 6) is 0. The maximum atomic E-state index is 3.74. The molecule has 3 fully saturated rings. The minimum absolute atomic E-state index is 0.467. The van der Waals surface area contributed by atoms with Crippen LogP contribution in [0.2, 0.25) is 0 Å². The highest BCUT2D eigenvalue weighted by molar-refractivity contribution is 5.27. The summed E-state index contributed by atoms with van der Waals surface area (Å²) < 4.78 is 0. The van der Waals surface area contributed by atoms with Crippen molar-refractivity contribution in [2.24, 2.45) is 0 Å². The normalized spacial score (nSPS) is 30.4. The van der Waals surface area contributed by atoms with Crippen LogP contribution in [0.15, 0.2) is 24.3 Å². The van der Waals surface area contributed by atoms with Crippen molar-refractivity contribution in [3.63, 3.8) is 0 Å². The molecule has 3 saturated heterocycles. The van der Waals surface area contributed by atoms with Gasteiger partial charge >= 0.3 is 0 Å². The van der Waals surface area contributed by atoms with Gasteiger partial charge in [-0.3, -0.25) is 9.80 Å². The van der Waals surface area contributed by atoms with Crippen molar-refractivity contribution in [2.75, 3.05) is 39.3 Å². The molecule has 3 nitrogen and oxygen atoms in total. The first-order chi connectivity index (χ1) is 9.81. The molecule has 110 valence electrons. The molecule has 2 atom stereocenters. The quantitative estimate of drug-likeness (QED) is 0.884. The number of hydrogen-bond donors (Lipinski definition) is 1. The van der Waals surface area contributed by atoms with E-state index in [-0.39, 0.29) is 0 Å². The van der Waals surface area contributed by atoms with Crippen molar-refractivity contribution in [1.82, 2.24) is 15.1 Å². The Morgan fingerprint density at radius 3 is 2.60 bits per heavy atom. The molecule has 0 saturated carbocycles. The third kappa shape index (κ3) is 2.76. The van der Waals surface area contributed by atoms with Crippen LogP contribution in [0.5, 0.6) is 0 Å². The highest BCUT2D eigenvalue weighted by Crippen LogP contribution is 2.27. The summed E-state index contributed by atoms with van der Waals surface area (Å²) in [6, 6.07) is 10.2. The zero-order valence-corrected chi connectivity index (χ0v) is 12.8. The Bertz CT molecular complexity index is 438. The fourth-order valence-electron chi connectivity index (χ4n) is 3.68. The molecular weight excluding hydrogens is 246 g/mol. The minimum Gasteiger partial charge on any atom is -0.309 e. The van der Waals surface area contributed by atoms with Crippen LogP contribution in [-0.4, -0.2) is 55.1 Å². The highest BCUT2D eigenvalue weighted by Gasteiger charge is 2.36. The van der Waals surface area contributed by atoms with Crippen LogP contribution in [0.3, 0.4) is 0 Å². The van der Waals surface area contributed by atoms with E-state index < -0.39 is 0 Å². The van der Waals surface area contributed by atoms with Crippen molar-refractivity contribution in [3.05, 3.63) is 35.4 Å². The van der Waals surface area contributed by atoms with Gasteiger partial charge in [-0.15, -0.1) is 0 Å². The summed E-state index contributed by atoms with van der Waals surface area (Å²) in [7, 11) is 0. The second-order valence-corrected chi connectivity index (χ2v) is 6.04. The Kier molecular flexibility index (Phi) is 4.39. The van der Waals surface area contributed by atoms with Gasteiger partial charge in [-0.2, -0.15) is 0 Å². The standard InChI is InChI=1S/C17H27N3/c1-3-14-6-5-7-15(12-14)17(18-4-2)16-13-19-8-10-20(16)11-9-19/h5-7,12,16-18H,3-4,8-11,13H2,1-2H3. The van der Waals surface area contributed by atoms with E-state index in [0.717, 1.165) is 13.0 Å². The van der Waals surface area contributed by atoms with Gasteiger partial charge in [-0.25, -0.2) is 0 Å². The first-order valence-corrected chi connectivity index (χ1v) is 8.10. The Balaban J connectivity index is 1.84. The van der Waals surface area contributed by atoms with Gasteiger partial charge in [-0.05, 0) is 24.1 Å². The van der Waals surface area contributed by atoms with Crippen LogP contribution in [-0.2, 0) is 6.42 Å². The van der Waals surface area contributed by atoms with Crippen LogP contribution >= 0.6 is 0 Å². The largest absolute Gasteiger partial charge is 0.309 e. The average Bonchev–Trinajstić information content (AvgIpc) is 2.53. The number of nitrogens with zero attached hydrogens (tertiary/aromatic N) is 2. The lowest BCUT2D eigenvalue weighted by atomic mass is 9.92. The fraction of sp³-hybridized carbons (Fsp3) is 0.647. The Hall–Kier alpha value is -0.900. The SMILES string of the molecule is CCNC(c1cccc(CC)c1)C1CN2CCN1CC2. The van der Waals surface area contributed by atoms with E-state index in [9.17, 15) is 0 Å². The molecule has 0 amide bonds. The smallest absolute Gasteiger partial charge is 0.0490 e. The lowest BCUT2D eigenvalue weighted by Crippen LogP contribution is -2.63. The minimum atomic E-state index is 0.467. The second-order valence-electron chi connectivity index (χ2n) is 6.04. The van der Waals surface area contributed by atoms with E-state index >= 15 is 0 Å². The number of piperazine rings is 3. The summed E-state index contributed by atoms with van der Waals surface area (Å²) in [4.78, 5) is 5.31. The maximum absolute atomic E-state index is 3.74. The number of likely N-dealkylation sites (N-methyl/N-ethyl adjacent to an activating group) is 1. The van der Waals surface area contributed by atoms with E-state index in [0.29, 0.717) is 12.1 Å². The summed E-state index contributed by atoms with van der Waals surface area (Å²) in [6.45, 7) is 11.7. The lowest BCUT2D eigenvalue weighted by molar-refractivity contribution is -0.00343. The predicted molar refractivity (Wildman–Crippen MR) is 84.0 cm³/mol. The third-order valence-corrected chi connectivity index (χ3v) is 4.85. The van der Waals surface area contributed by atoms with Gasteiger partial charge in [0, 0.05) is 44.8 Å². The summed E-state index contributed by atoms with van der Waals surface area (Å²) >= 11 is 0. The molecule has 0 radical (unpaired) electrons. The molecule has 3 aliphatic rings. The molecule has 0 spiro atoms. The van der Waals surface area contributed by atoms with Gasteiger partial charge in [0.05, 0.1) is 0 Å². The topological polar surface area (TPSA) is 18.5 Å². The highest BCUT2D eigenvalue weighted by atomic mass is 15.4. The summed E-state index contributed by atoms with van der Waals surface area (Å²) in [5, 5.41) is 3.74. The molecule has 3 aliphatic heterocycles. The number of fused-ring (bicyclic) bond motifs is 3. The van der Waals surface area contributed by atoms with E-state index in [1.165, 1.54) is 43.9 Å². The van der Waals surface area contributed by atoms with Gasteiger partial charge in [0.2, 0.25) is 0 Å². The van der Waals surface area contributed by atoms with Crippen LogP contribution in [0.1, 0.15) is 31.0 Å². The molecular formula is C17H27N3. The molecule has 1 aromatic rings.